The molecular formula is C19H27NO2. The Bertz CT molecular complexity index is 520. The minimum absolute atomic E-state index is 0.130. The number of hydrogen-bond acceptors (Lipinski definition) is 3. The van der Waals surface area contributed by atoms with E-state index in [1.165, 1.54) is 31.2 Å². The molecule has 1 aliphatic carbocycles. The summed E-state index contributed by atoms with van der Waals surface area (Å²) in [6.45, 7) is 2.13. The summed E-state index contributed by atoms with van der Waals surface area (Å²) in [4.78, 5) is 4.35. The number of aliphatic hydroxyl groups is 1. The van der Waals surface area contributed by atoms with E-state index < -0.39 is 0 Å². The van der Waals surface area contributed by atoms with E-state index in [2.05, 4.69) is 24.0 Å². The first-order valence-corrected chi connectivity index (χ1v) is 8.73. The maximum absolute atomic E-state index is 10.1. The van der Waals surface area contributed by atoms with E-state index in [1.807, 2.05) is 12.3 Å². The van der Waals surface area contributed by atoms with E-state index in [4.69, 9.17) is 4.74 Å². The Kier molecular flexibility index (Phi) is 5.14. The molecule has 0 radical (unpaired) electrons. The third-order valence-corrected chi connectivity index (χ3v) is 5.01. The van der Waals surface area contributed by atoms with Gasteiger partial charge >= 0.3 is 0 Å². The minimum atomic E-state index is 0.130. The van der Waals surface area contributed by atoms with E-state index in [1.54, 1.807) is 0 Å². The van der Waals surface area contributed by atoms with Crippen molar-refractivity contribution < 1.29 is 9.84 Å². The first-order chi connectivity index (χ1) is 10.7. The lowest BCUT2D eigenvalue weighted by Gasteiger charge is -2.31. The van der Waals surface area contributed by atoms with Gasteiger partial charge in [0.2, 0.25) is 0 Å². The van der Waals surface area contributed by atoms with Gasteiger partial charge in [-0.25, -0.2) is 0 Å². The standard InChI is InChI=1S/C19H27NO2/c1-2-16-11-14(9-10-20-16)7-8-18-12-17(21)13-19(22-18)15-5-3-4-6-15/h9-11,13,15,18-19,21H,2-8,12H2,1H3. The fraction of sp³-hybridized carbons (Fsp3) is 0.632. The van der Waals surface area contributed by atoms with Crippen molar-refractivity contribution in [2.45, 2.75) is 70.5 Å². The van der Waals surface area contributed by atoms with Crippen LogP contribution in [-0.4, -0.2) is 22.3 Å². The average molecular weight is 301 g/mol. The number of hydrogen-bond donors (Lipinski definition) is 1. The van der Waals surface area contributed by atoms with Gasteiger partial charge in [-0.3, -0.25) is 4.98 Å². The lowest BCUT2D eigenvalue weighted by Crippen LogP contribution is -2.31. The number of aromatic nitrogens is 1. The number of nitrogens with zero attached hydrogens (tertiary/aromatic N) is 1. The molecule has 0 saturated heterocycles. The second kappa shape index (κ2) is 7.28. The van der Waals surface area contributed by atoms with Crippen LogP contribution in [0.5, 0.6) is 0 Å². The van der Waals surface area contributed by atoms with Gasteiger partial charge in [0.05, 0.1) is 18.0 Å². The molecular weight excluding hydrogens is 274 g/mol. The number of ether oxygens (including phenoxy) is 1. The third kappa shape index (κ3) is 3.89. The fourth-order valence-electron chi connectivity index (χ4n) is 3.71. The van der Waals surface area contributed by atoms with E-state index in [9.17, 15) is 5.11 Å². The average Bonchev–Trinajstić information content (AvgIpc) is 3.07. The van der Waals surface area contributed by atoms with Gasteiger partial charge in [0.15, 0.2) is 0 Å². The molecule has 0 aromatic carbocycles. The van der Waals surface area contributed by atoms with Gasteiger partial charge in [-0.2, -0.15) is 0 Å². The Balaban J connectivity index is 1.57. The van der Waals surface area contributed by atoms with Crippen LogP contribution >= 0.6 is 0 Å². The molecule has 1 aromatic rings. The normalized spacial score (nSPS) is 26.1. The quantitative estimate of drug-likeness (QED) is 0.878. The molecule has 3 nitrogen and oxygen atoms in total. The van der Waals surface area contributed by atoms with Gasteiger partial charge in [-0.05, 0) is 61.8 Å². The summed E-state index contributed by atoms with van der Waals surface area (Å²) in [5.74, 6) is 1.13. The van der Waals surface area contributed by atoms with Crippen LogP contribution in [0.15, 0.2) is 30.2 Å². The second-order valence-electron chi connectivity index (χ2n) is 6.68. The van der Waals surface area contributed by atoms with E-state index in [0.717, 1.165) is 25.0 Å². The highest BCUT2D eigenvalue weighted by Crippen LogP contribution is 2.34. The first-order valence-electron chi connectivity index (χ1n) is 8.73. The Labute approximate surface area is 133 Å². The van der Waals surface area contributed by atoms with Gasteiger partial charge in [0.25, 0.3) is 0 Å². The predicted octanol–water partition coefficient (Wildman–Crippen LogP) is 4.37. The summed E-state index contributed by atoms with van der Waals surface area (Å²) in [7, 11) is 0. The molecule has 0 bridgehead atoms. The Morgan fingerprint density at radius 1 is 1.32 bits per heavy atom. The van der Waals surface area contributed by atoms with Gasteiger partial charge in [0, 0.05) is 18.3 Å². The molecule has 2 unspecified atom stereocenters. The first kappa shape index (κ1) is 15.5. The summed E-state index contributed by atoms with van der Waals surface area (Å²) in [5, 5.41) is 10.1. The van der Waals surface area contributed by atoms with Gasteiger partial charge in [-0.1, -0.05) is 19.8 Å². The Morgan fingerprint density at radius 3 is 2.91 bits per heavy atom. The van der Waals surface area contributed by atoms with Crippen LogP contribution in [0.2, 0.25) is 0 Å². The van der Waals surface area contributed by atoms with Crippen LogP contribution in [0.1, 0.15) is 56.7 Å². The lowest BCUT2D eigenvalue weighted by atomic mass is 9.95. The van der Waals surface area contributed by atoms with Crippen LogP contribution in [-0.2, 0) is 17.6 Å². The van der Waals surface area contributed by atoms with Gasteiger partial charge < -0.3 is 9.84 Å². The van der Waals surface area contributed by atoms with Crippen molar-refractivity contribution in [3.05, 3.63) is 41.4 Å². The molecule has 120 valence electrons. The molecule has 1 N–H and O–H groups in total. The molecule has 2 aliphatic rings. The summed E-state index contributed by atoms with van der Waals surface area (Å²) in [6.07, 6.45) is 12.8. The third-order valence-electron chi connectivity index (χ3n) is 5.01. The molecule has 2 heterocycles. The van der Waals surface area contributed by atoms with Crippen LogP contribution in [0, 0.1) is 5.92 Å². The number of aliphatic hydroxyl groups excluding tert-OH is 1. The zero-order valence-electron chi connectivity index (χ0n) is 13.5. The molecule has 2 atom stereocenters. The van der Waals surface area contributed by atoms with Crippen LogP contribution in [0.3, 0.4) is 0 Å². The van der Waals surface area contributed by atoms with E-state index in [0.29, 0.717) is 18.1 Å². The van der Waals surface area contributed by atoms with Crippen LogP contribution < -0.4 is 0 Å². The zero-order chi connectivity index (χ0) is 15.4. The van der Waals surface area contributed by atoms with Crippen LogP contribution in [0.25, 0.3) is 0 Å². The highest BCUT2D eigenvalue weighted by atomic mass is 16.5. The highest BCUT2D eigenvalue weighted by Gasteiger charge is 2.30. The predicted molar refractivity (Wildman–Crippen MR) is 87.9 cm³/mol. The number of aryl methyl sites for hydroxylation is 2. The zero-order valence-corrected chi connectivity index (χ0v) is 13.5. The van der Waals surface area contributed by atoms with E-state index in [-0.39, 0.29) is 12.2 Å². The maximum atomic E-state index is 10.1. The smallest absolute Gasteiger partial charge is 0.0934 e. The Hall–Kier alpha value is -1.35. The largest absolute Gasteiger partial charge is 0.512 e. The van der Waals surface area contributed by atoms with Crippen molar-refractivity contribution in [3.63, 3.8) is 0 Å². The van der Waals surface area contributed by atoms with Crippen molar-refractivity contribution in [3.8, 4) is 0 Å². The highest BCUT2D eigenvalue weighted by molar-refractivity contribution is 5.17. The van der Waals surface area contributed by atoms with Crippen molar-refractivity contribution in [2.75, 3.05) is 0 Å². The molecule has 1 aliphatic heterocycles. The minimum Gasteiger partial charge on any atom is -0.512 e. The molecule has 3 rings (SSSR count). The molecule has 0 spiro atoms. The van der Waals surface area contributed by atoms with Crippen LogP contribution in [0.4, 0.5) is 0 Å². The fourth-order valence-corrected chi connectivity index (χ4v) is 3.71. The second-order valence-corrected chi connectivity index (χ2v) is 6.68. The maximum Gasteiger partial charge on any atom is 0.0934 e. The number of rotatable bonds is 5. The van der Waals surface area contributed by atoms with Crippen molar-refractivity contribution in [2.24, 2.45) is 5.92 Å². The molecule has 1 aromatic heterocycles. The summed E-state index contributed by atoms with van der Waals surface area (Å²) in [5.41, 5.74) is 2.47. The SMILES string of the molecule is CCc1cc(CCC2CC(O)=CC(C3CCCC3)O2)ccn1. The summed E-state index contributed by atoms with van der Waals surface area (Å²) < 4.78 is 6.27. The summed E-state index contributed by atoms with van der Waals surface area (Å²) in [6, 6.07) is 4.28. The number of pyridine rings is 1. The lowest BCUT2D eigenvalue weighted by molar-refractivity contribution is -0.0366. The Morgan fingerprint density at radius 2 is 2.14 bits per heavy atom. The molecule has 1 saturated carbocycles. The molecule has 22 heavy (non-hydrogen) atoms. The van der Waals surface area contributed by atoms with E-state index >= 15 is 0 Å². The van der Waals surface area contributed by atoms with Gasteiger partial charge in [0.1, 0.15) is 0 Å². The summed E-state index contributed by atoms with van der Waals surface area (Å²) >= 11 is 0. The van der Waals surface area contributed by atoms with Gasteiger partial charge in [-0.15, -0.1) is 0 Å². The molecule has 0 amide bonds. The molecule has 1 fully saturated rings. The topological polar surface area (TPSA) is 42.4 Å². The van der Waals surface area contributed by atoms with Crippen molar-refractivity contribution in [1.29, 1.82) is 0 Å². The van der Waals surface area contributed by atoms with Crippen molar-refractivity contribution in [1.82, 2.24) is 4.98 Å². The van der Waals surface area contributed by atoms with Crippen molar-refractivity contribution >= 4 is 0 Å². The molecule has 3 heteroatoms. The monoisotopic (exact) mass is 301 g/mol.